The van der Waals surface area contributed by atoms with Crippen molar-refractivity contribution in [3.8, 4) is 5.75 Å². The van der Waals surface area contributed by atoms with E-state index in [-0.39, 0.29) is 11.7 Å². The largest absolute Gasteiger partial charge is 0.481 e. The number of halogens is 1. The highest BCUT2D eigenvalue weighted by Crippen LogP contribution is 2.20. The minimum absolute atomic E-state index is 0.218. The van der Waals surface area contributed by atoms with E-state index in [1.54, 1.807) is 11.8 Å². The van der Waals surface area contributed by atoms with Gasteiger partial charge in [0.1, 0.15) is 11.6 Å². The number of nitrogens with one attached hydrogen (secondary N) is 1. The number of amides is 1. The normalized spacial score (nSPS) is 11.8. The smallest absolute Gasteiger partial charge is 0.265 e. The number of rotatable bonds is 6. The molecule has 116 valence electrons. The first-order valence-electron chi connectivity index (χ1n) is 6.99. The van der Waals surface area contributed by atoms with Gasteiger partial charge in [0.15, 0.2) is 6.10 Å². The van der Waals surface area contributed by atoms with E-state index >= 15 is 0 Å². The third-order valence-corrected chi connectivity index (χ3v) is 3.82. The average Bonchev–Trinajstić information content (AvgIpc) is 2.54. The molecule has 0 aliphatic heterocycles. The molecule has 22 heavy (non-hydrogen) atoms. The molecule has 0 saturated carbocycles. The van der Waals surface area contributed by atoms with E-state index < -0.39 is 6.10 Å². The maximum atomic E-state index is 12.9. The molecule has 2 aromatic carbocycles. The molecule has 1 N–H and O–H groups in total. The molecule has 0 unspecified atom stereocenters. The molecule has 0 radical (unpaired) electrons. The summed E-state index contributed by atoms with van der Waals surface area (Å²) in [6.07, 6.45) is 1.88. The Hall–Kier alpha value is -2.01. The van der Waals surface area contributed by atoms with Crippen molar-refractivity contribution in [2.75, 3.05) is 11.6 Å². The molecule has 0 heterocycles. The van der Waals surface area contributed by atoms with Crippen molar-refractivity contribution in [3.05, 3.63) is 54.3 Å². The monoisotopic (exact) mass is 319 g/mol. The second-order valence-electron chi connectivity index (χ2n) is 4.69. The molecule has 0 aliphatic rings. The van der Waals surface area contributed by atoms with Crippen molar-refractivity contribution in [3.63, 3.8) is 0 Å². The molecule has 0 aliphatic carbocycles. The highest BCUT2D eigenvalue weighted by Gasteiger charge is 2.18. The maximum Gasteiger partial charge on any atom is 0.265 e. The van der Waals surface area contributed by atoms with Crippen molar-refractivity contribution in [1.82, 2.24) is 0 Å². The van der Waals surface area contributed by atoms with Crippen molar-refractivity contribution >= 4 is 23.4 Å². The molecule has 0 aromatic heterocycles. The van der Waals surface area contributed by atoms with Gasteiger partial charge in [-0.2, -0.15) is 0 Å². The molecular weight excluding hydrogens is 301 g/mol. The van der Waals surface area contributed by atoms with Crippen molar-refractivity contribution in [1.29, 1.82) is 0 Å². The number of benzene rings is 2. The van der Waals surface area contributed by atoms with Crippen LogP contribution in [-0.4, -0.2) is 18.3 Å². The Morgan fingerprint density at radius 2 is 2.00 bits per heavy atom. The molecule has 1 atom stereocenters. The summed E-state index contributed by atoms with van der Waals surface area (Å²) in [6, 6.07) is 13.3. The first kappa shape index (κ1) is 16.4. The van der Waals surface area contributed by atoms with Crippen LogP contribution in [0.4, 0.5) is 10.1 Å². The van der Waals surface area contributed by atoms with E-state index in [0.717, 1.165) is 10.6 Å². The van der Waals surface area contributed by atoms with Crippen LogP contribution in [0.5, 0.6) is 5.75 Å². The summed E-state index contributed by atoms with van der Waals surface area (Å²) in [5, 5.41) is 2.85. The lowest BCUT2D eigenvalue weighted by Crippen LogP contribution is -2.32. The summed E-state index contributed by atoms with van der Waals surface area (Å²) in [5.74, 6) is -0.0786. The van der Waals surface area contributed by atoms with Crippen molar-refractivity contribution in [2.45, 2.75) is 24.3 Å². The molecule has 2 rings (SSSR count). The Bertz CT molecular complexity index is 631. The second-order valence-corrected chi connectivity index (χ2v) is 5.57. The molecule has 1 amide bonds. The van der Waals surface area contributed by atoms with Crippen LogP contribution in [0.3, 0.4) is 0 Å². The van der Waals surface area contributed by atoms with Crippen LogP contribution in [0, 0.1) is 5.82 Å². The summed E-state index contributed by atoms with van der Waals surface area (Å²) >= 11 is 1.61. The van der Waals surface area contributed by atoms with Gasteiger partial charge in [0.25, 0.3) is 5.91 Å². The van der Waals surface area contributed by atoms with Gasteiger partial charge in [0, 0.05) is 10.6 Å². The lowest BCUT2D eigenvalue weighted by molar-refractivity contribution is -0.122. The van der Waals surface area contributed by atoms with Gasteiger partial charge in [0.2, 0.25) is 0 Å². The summed E-state index contributed by atoms with van der Waals surface area (Å²) in [7, 11) is 0. The van der Waals surface area contributed by atoms with E-state index in [4.69, 9.17) is 4.74 Å². The topological polar surface area (TPSA) is 38.3 Å². The standard InChI is InChI=1S/C17H18FNO2S/c1-3-16(21-14-9-7-12(18)8-10-14)17(20)19-13-5-4-6-15(11-13)22-2/h4-11,16H,3H2,1-2H3,(H,19,20)/t16-/m1/s1. The summed E-state index contributed by atoms with van der Waals surface area (Å²) in [4.78, 5) is 13.4. The molecule has 0 bridgehead atoms. The summed E-state index contributed by atoms with van der Waals surface area (Å²) < 4.78 is 18.5. The Morgan fingerprint density at radius 1 is 1.27 bits per heavy atom. The molecule has 0 saturated heterocycles. The summed E-state index contributed by atoms with van der Waals surface area (Å²) in [6.45, 7) is 1.87. The zero-order valence-corrected chi connectivity index (χ0v) is 13.3. The highest BCUT2D eigenvalue weighted by molar-refractivity contribution is 7.98. The van der Waals surface area contributed by atoms with Crippen LogP contribution in [-0.2, 0) is 4.79 Å². The Balaban J connectivity index is 2.03. The van der Waals surface area contributed by atoms with Gasteiger partial charge in [-0.3, -0.25) is 4.79 Å². The highest BCUT2D eigenvalue weighted by atomic mass is 32.2. The lowest BCUT2D eigenvalue weighted by atomic mass is 10.2. The number of carbonyl (C=O) groups is 1. The Labute approximate surface area is 133 Å². The zero-order valence-electron chi connectivity index (χ0n) is 12.5. The number of hydrogen-bond acceptors (Lipinski definition) is 3. The van der Waals surface area contributed by atoms with E-state index in [1.165, 1.54) is 24.3 Å². The quantitative estimate of drug-likeness (QED) is 0.805. The maximum absolute atomic E-state index is 12.9. The summed E-state index contributed by atoms with van der Waals surface area (Å²) in [5.41, 5.74) is 0.734. The van der Waals surface area contributed by atoms with Crippen molar-refractivity contribution < 1.29 is 13.9 Å². The van der Waals surface area contributed by atoms with E-state index in [2.05, 4.69) is 5.32 Å². The zero-order chi connectivity index (χ0) is 15.9. The first-order chi connectivity index (χ1) is 10.6. The predicted octanol–water partition coefficient (Wildman–Crippen LogP) is 4.34. The second kappa shape index (κ2) is 7.84. The van der Waals surface area contributed by atoms with Gasteiger partial charge in [-0.05, 0) is 55.1 Å². The van der Waals surface area contributed by atoms with Gasteiger partial charge >= 0.3 is 0 Å². The molecule has 2 aromatic rings. The number of thioether (sulfide) groups is 1. The number of ether oxygens (including phenoxy) is 1. The number of anilines is 1. The first-order valence-corrected chi connectivity index (χ1v) is 8.22. The van der Waals surface area contributed by atoms with Crippen molar-refractivity contribution in [2.24, 2.45) is 0 Å². The third-order valence-electron chi connectivity index (χ3n) is 3.09. The van der Waals surface area contributed by atoms with Crippen LogP contribution >= 0.6 is 11.8 Å². The molecular formula is C17H18FNO2S. The van der Waals surface area contributed by atoms with Gasteiger partial charge in [-0.1, -0.05) is 13.0 Å². The fourth-order valence-electron chi connectivity index (χ4n) is 1.92. The Morgan fingerprint density at radius 3 is 2.64 bits per heavy atom. The van der Waals surface area contributed by atoms with E-state index in [9.17, 15) is 9.18 Å². The molecule has 5 heteroatoms. The lowest BCUT2D eigenvalue weighted by Gasteiger charge is -2.17. The van der Waals surface area contributed by atoms with Crippen LogP contribution in [0.2, 0.25) is 0 Å². The van der Waals surface area contributed by atoms with E-state index in [1.807, 2.05) is 37.4 Å². The predicted molar refractivity (Wildman–Crippen MR) is 88.0 cm³/mol. The average molecular weight is 319 g/mol. The van der Waals surface area contributed by atoms with Crippen LogP contribution in [0.25, 0.3) is 0 Å². The number of hydrogen-bond donors (Lipinski definition) is 1. The van der Waals surface area contributed by atoms with E-state index in [0.29, 0.717) is 12.2 Å². The minimum atomic E-state index is -0.622. The van der Waals surface area contributed by atoms with Crippen LogP contribution in [0.1, 0.15) is 13.3 Å². The van der Waals surface area contributed by atoms with Gasteiger partial charge in [-0.15, -0.1) is 11.8 Å². The van der Waals surface area contributed by atoms with Crippen LogP contribution < -0.4 is 10.1 Å². The SMILES string of the molecule is CC[C@@H](Oc1ccc(F)cc1)C(=O)Nc1cccc(SC)c1. The minimum Gasteiger partial charge on any atom is -0.481 e. The van der Waals surface area contributed by atoms with Crippen LogP contribution in [0.15, 0.2) is 53.4 Å². The molecule has 0 fully saturated rings. The number of carbonyl (C=O) groups excluding carboxylic acids is 1. The molecule has 3 nitrogen and oxygen atoms in total. The fraction of sp³-hybridized carbons (Fsp3) is 0.235. The third kappa shape index (κ3) is 4.49. The molecule has 0 spiro atoms. The van der Waals surface area contributed by atoms with Gasteiger partial charge in [-0.25, -0.2) is 4.39 Å². The van der Waals surface area contributed by atoms with Gasteiger partial charge < -0.3 is 10.1 Å². The van der Waals surface area contributed by atoms with Gasteiger partial charge in [0.05, 0.1) is 0 Å². The Kier molecular flexibility index (Phi) is 5.83. The fourth-order valence-corrected chi connectivity index (χ4v) is 2.38.